The number of nitrogens with zero attached hydrogens (tertiary/aromatic N) is 2. The zero-order valence-corrected chi connectivity index (χ0v) is 16.1. The van der Waals surface area contributed by atoms with Crippen molar-refractivity contribution in [2.24, 2.45) is 5.92 Å². The lowest BCUT2D eigenvalue weighted by Crippen LogP contribution is -2.33. The monoisotopic (exact) mass is 377 g/mol. The van der Waals surface area contributed by atoms with Gasteiger partial charge in [0.2, 0.25) is 0 Å². The van der Waals surface area contributed by atoms with Crippen molar-refractivity contribution < 1.29 is 4.79 Å². The molecular weight excluding hydrogens is 354 g/mol. The number of pyridine rings is 1. The van der Waals surface area contributed by atoms with Crippen LogP contribution in [0.2, 0.25) is 0 Å². The minimum absolute atomic E-state index is 0.0103. The highest BCUT2D eigenvalue weighted by Crippen LogP contribution is 2.34. The molecule has 1 N–H and O–H groups in total. The zero-order chi connectivity index (χ0) is 19.8. The van der Waals surface area contributed by atoms with E-state index in [1.807, 2.05) is 30.3 Å². The zero-order valence-electron chi connectivity index (χ0n) is 16.1. The fraction of sp³-hybridized carbons (Fsp3) is 0.364. The minimum Gasteiger partial charge on any atom is -0.294 e. The molecule has 0 amide bonds. The summed E-state index contributed by atoms with van der Waals surface area (Å²) in [6, 6.07) is 9.87. The summed E-state index contributed by atoms with van der Waals surface area (Å²) in [6.07, 6.45) is 3.31. The van der Waals surface area contributed by atoms with Gasteiger partial charge in [-0.05, 0) is 35.8 Å². The van der Waals surface area contributed by atoms with Gasteiger partial charge in [0.05, 0.1) is 5.39 Å². The molecule has 28 heavy (non-hydrogen) atoms. The molecule has 1 aliphatic carbocycles. The maximum Gasteiger partial charge on any atom is 0.329 e. The van der Waals surface area contributed by atoms with E-state index in [9.17, 15) is 14.4 Å². The Bertz CT molecular complexity index is 1160. The highest BCUT2D eigenvalue weighted by Gasteiger charge is 2.29. The van der Waals surface area contributed by atoms with Crippen LogP contribution >= 0.6 is 0 Å². The van der Waals surface area contributed by atoms with E-state index in [1.165, 1.54) is 10.8 Å². The molecule has 144 valence electrons. The van der Waals surface area contributed by atoms with E-state index >= 15 is 0 Å². The fourth-order valence-corrected chi connectivity index (χ4v) is 3.96. The number of aromatic amines is 1. The smallest absolute Gasteiger partial charge is 0.294 e. The van der Waals surface area contributed by atoms with E-state index in [0.29, 0.717) is 47.5 Å². The maximum absolute atomic E-state index is 12.8. The molecule has 0 saturated carbocycles. The second kappa shape index (κ2) is 7.19. The van der Waals surface area contributed by atoms with Gasteiger partial charge in [0, 0.05) is 24.7 Å². The molecule has 6 heteroatoms. The molecule has 0 radical (unpaired) electrons. The number of aryl methyl sites for hydroxylation is 1. The quantitative estimate of drug-likeness (QED) is 0.757. The normalized spacial score (nSPS) is 16.5. The second-order valence-corrected chi connectivity index (χ2v) is 7.88. The number of carbonyl (C=O) groups excluding carboxylic acids is 1. The fourth-order valence-electron chi connectivity index (χ4n) is 3.96. The van der Waals surface area contributed by atoms with E-state index in [1.54, 1.807) is 0 Å². The Morgan fingerprint density at radius 3 is 2.61 bits per heavy atom. The summed E-state index contributed by atoms with van der Waals surface area (Å²) in [7, 11) is 0. The van der Waals surface area contributed by atoms with E-state index < -0.39 is 11.2 Å². The van der Waals surface area contributed by atoms with Gasteiger partial charge in [-0.1, -0.05) is 44.2 Å². The Morgan fingerprint density at radius 2 is 1.89 bits per heavy atom. The van der Waals surface area contributed by atoms with Crippen LogP contribution in [0.5, 0.6) is 0 Å². The van der Waals surface area contributed by atoms with Crippen LogP contribution in [0.15, 0.2) is 46.1 Å². The molecule has 0 fully saturated rings. The molecule has 0 unspecified atom stereocenters. The summed E-state index contributed by atoms with van der Waals surface area (Å²) in [4.78, 5) is 44.6. The van der Waals surface area contributed by atoms with Gasteiger partial charge in [-0.3, -0.25) is 19.1 Å². The number of hydrogen-bond acceptors (Lipinski definition) is 4. The molecular formula is C22H23N3O3. The van der Waals surface area contributed by atoms with Gasteiger partial charge < -0.3 is 0 Å². The SMILES string of the molecule is CC(C)CCn1c(=O)[nH]c(=O)c2c3c(cnc21)C(=O)C[C@@H](c1ccccc1)C3. The first-order valence-electron chi connectivity index (χ1n) is 9.68. The maximum atomic E-state index is 12.8. The lowest BCUT2D eigenvalue weighted by atomic mass is 9.79. The Labute approximate surface area is 162 Å². The van der Waals surface area contributed by atoms with Crippen LogP contribution in [0.4, 0.5) is 0 Å². The van der Waals surface area contributed by atoms with E-state index in [4.69, 9.17) is 0 Å². The third-order valence-electron chi connectivity index (χ3n) is 5.50. The molecule has 3 aromatic rings. The van der Waals surface area contributed by atoms with Gasteiger partial charge in [-0.25, -0.2) is 9.78 Å². The number of benzene rings is 1. The first-order chi connectivity index (χ1) is 13.5. The van der Waals surface area contributed by atoms with Gasteiger partial charge >= 0.3 is 5.69 Å². The van der Waals surface area contributed by atoms with Crippen LogP contribution in [-0.4, -0.2) is 20.3 Å². The first-order valence-corrected chi connectivity index (χ1v) is 9.68. The standard InChI is InChI=1S/C22H23N3O3/c1-13(2)8-9-25-20-19(21(27)24-22(25)28)16-10-15(14-6-4-3-5-7-14)11-18(26)17(16)12-23-20/h3-7,12-13,15H,8-11H2,1-2H3,(H,24,27,28)/t15-/m0/s1. The number of rotatable bonds is 4. The van der Waals surface area contributed by atoms with Crippen molar-refractivity contribution in [2.45, 2.75) is 45.6 Å². The van der Waals surface area contributed by atoms with Crippen LogP contribution in [0, 0.1) is 5.92 Å². The average molecular weight is 377 g/mol. The Balaban J connectivity index is 1.89. The van der Waals surface area contributed by atoms with Crippen LogP contribution in [0.1, 0.15) is 54.1 Å². The lowest BCUT2D eigenvalue weighted by molar-refractivity contribution is 0.0964. The van der Waals surface area contributed by atoms with Crippen molar-refractivity contribution in [3.63, 3.8) is 0 Å². The molecule has 1 aromatic carbocycles. The Kier molecular flexibility index (Phi) is 4.71. The predicted octanol–water partition coefficient (Wildman–Crippen LogP) is 3.04. The predicted molar refractivity (Wildman–Crippen MR) is 108 cm³/mol. The number of carbonyl (C=O) groups is 1. The highest BCUT2D eigenvalue weighted by molar-refractivity contribution is 6.02. The number of nitrogens with one attached hydrogen (secondary N) is 1. The summed E-state index contributed by atoms with van der Waals surface area (Å²) in [5, 5.41) is 0.370. The summed E-state index contributed by atoms with van der Waals surface area (Å²) in [5.41, 5.74) is 1.73. The van der Waals surface area contributed by atoms with E-state index in [0.717, 1.165) is 12.0 Å². The second-order valence-electron chi connectivity index (χ2n) is 7.88. The Morgan fingerprint density at radius 1 is 1.14 bits per heavy atom. The topological polar surface area (TPSA) is 84.8 Å². The summed E-state index contributed by atoms with van der Waals surface area (Å²) >= 11 is 0. The van der Waals surface area contributed by atoms with E-state index in [-0.39, 0.29) is 11.7 Å². The number of fused-ring (bicyclic) bond motifs is 3. The third-order valence-corrected chi connectivity index (χ3v) is 5.50. The molecule has 0 saturated heterocycles. The van der Waals surface area contributed by atoms with Crippen LogP contribution in [0.3, 0.4) is 0 Å². The summed E-state index contributed by atoms with van der Waals surface area (Å²) < 4.78 is 1.52. The molecule has 1 atom stereocenters. The van der Waals surface area contributed by atoms with Gasteiger partial charge in [0.25, 0.3) is 5.56 Å². The van der Waals surface area contributed by atoms with Crippen molar-refractivity contribution in [2.75, 3.05) is 0 Å². The summed E-state index contributed by atoms with van der Waals surface area (Å²) in [6.45, 7) is 4.64. The number of ketones is 1. The number of aromatic nitrogens is 3. The molecule has 6 nitrogen and oxygen atoms in total. The third kappa shape index (κ3) is 3.19. The van der Waals surface area contributed by atoms with Crippen molar-refractivity contribution in [3.05, 3.63) is 74.1 Å². The molecule has 0 bridgehead atoms. The molecule has 0 aliphatic heterocycles. The number of Topliss-reactive ketones (excluding diaryl/α,β-unsaturated/α-hetero) is 1. The van der Waals surface area contributed by atoms with Crippen LogP contribution in [0.25, 0.3) is 11.0 Å². The number of hydrogen-bond donors (Lipinski definition) is 1. The molecule has 4 rings (SSSR count). The number of H-pyrrole nitrogens is 1. The average Bonchev–Trinajstić information content (AvgIpc) is 2.67. The van der Waals surface area contributed by atoms with Gasteiger partial charge in [0.15, 0.2) is 5.78 Å². The van der Waals surface area contributed by atoms with Crippen LogP contribution in [-0.2, 0) is 13.0 Å². The van der Waals surface area contributed by atoms with Crippen molar-refractivity contribution in [3.8, 4) is 0 Å². The first kappa shape index (κ1) is 18.3. The van der Waals surface area contributed by atoms with Crippen molar-refractivity contribution in [1.29, 1.82) is 0 Å². The lowest BCUT2D eigenvalue weighted by Gasteiger charge is -2.25. The Hall–Kier alpha value is -3.02. The molecule has 2 heterocycles. The highest BCUT2D eigenvalue weighted by atomic mass is 16.2. The minimum atomic E-state index is -0.466. The summed E-state index contributed by atoms with van der Waals surface area (Å²) in [5.74, 6) is 0.418. The molecule has 1 aliphatic rings. The van der Waals surface area contributed by atoms with Gasteiger partial charge in [-0.15, -0.1) is 0 Å². The van der Waals surface area contributed by atoms with Crippen LogP contribution < -0.4 is 11.2 Å². The van der Waals surface area contributed by atoms with E-state index in [2.05, 4.69) is 23.8 Å². The van der Waals surface area contributed by atoms with Crippen molar-refractivity contribution in [1.82, 2.24) is 14.5 Å². The van der Waals surface area contributed by atoms with Gasteiger partial charge in [0.1, 0.15) is 5.65 Å². The molecule has 2 aromatic heterocycles. The van der Waals surface area contributed by atoms with Gasteiger partial charge in [-0.2, -0.15) is 0 Å². The largest absolute Gasteiger partial charge is 0.329 e. The van der Waals surface area contributed by atoms with Crippen molar-refractivity contribution >= 4 is 16.8 Å². The molecule has 0 spiro atoms.